The van der Waals surface area contributed by atoms with Gasteiger partial charge in [-0.05, 0) is 54.8 Å². The van der Waals surface area contributed by atoms with E-state index in [1.54, 1.807) is 12.3 Å². The Morgan fingerprint density at radius 2 is 1.77 bits per heavy atom. The lowest BCUT2D eigenvalue weighted by molar-refractivity contribution is -0.142. The molecule has 0 radical (unpaired) electrons. The van der Waals surface area contributed by atoms with Crippen LogP contribution < -0.4 is 4.90 Å². The third kappa shape index (κ3) is 4.50. The van der Waals surface area contributed by atoms with Gasteiger partial charge in [0.25, 0.3) is 0 Å². The van der Waals surface area contributed by atoms with Crippen LogP contribution in [0.2, 0.25) is 0 Å². The van der Waals surface area contributed by atoms with E-state index in [1.807, 2.05) is 37.3 Å². The molecular formula is C26H26N2O3. The number of aromatic nitrogens is 1. The topological polar surface area (TPSA) is 70.5 Å². The fraction of sp³-hybridized carbons (Fsp3) is 0.269. The number of anilines is 1. The summed E-state index contributed by atoms with van der Waals surface area (Å²) in [5.74, 6) is -0.993. The lowest BCUT2D eigenvalue weighted by Gasteiger charge is -2.38. The van der Waals surface area contributed by atoms with E-state index in [9.17, 15) is 9.59 Å². The molecule has 0 unspecified atom stereocenters. The number of carboxylic acids is 1. The van der Waals surface area contributed by atoms with Crippen LogP contribution >= 0.6 is 0 Å². The summed E-state index contributed by atoms with van der Waals surface area (Å²) in [6.07, 6.45) is 2.05. The van der Waals surface area contributed by atoms with Gasteiger partial charge in [-0.3, -0.25) is 14.6 Å². The minimum atomic E-state index is -0.739. The zero-order chi connectivity index (χ0) is 22.0. The molecule has 5 nitrogen and oxygen atoms in total. The molecule has 158 valence electrons. The molecule has 1 aliphatic heterocycles. The average Bonchev–Trinajstić information content (AvgIpc) is 2.72. The van der Waals surface area contributed by atoms with Crippen LogP contribution in [0, 0.1) is 19.8 Å². The standard InChI is InChI=1S/C26H26N2O3/c1-17-5-3-4-6-23(17)24(14-25(29)20-11-12-27-18(2)13-20)19-7-9-22(10-8-19)28-15-21(16-28)26(30)31/h3-13,21,24H,14-16H2,1-2H3,(H,30,31)/t24-/m1/s1. The van der Waals surface area contributed by atoms with E-state index in [4.69, 9.17) is 5.11 Å². The molecule has 0 bridgehead atoms. The minimum Gasteiger partial charge on any atom is -0.481 e. The summed E-state index contributed by atoms with van der Waals surface area (Å²) in [4.78, 5) is 30.4. The third-order valence-electron chi connectivity index (χ3n) is 6.06. The number of rotatable bonds is 7. The summed E-state index contributed by atoms with van der Waals surface area (Å²) in [6.45, 7) is 5.04. The van der Waals surface area contributed by atoms with Crippen molar-refractivity contribution in [3.63, 3.8) is 0 Å². The van der Waals surface area contributed by atoms with Crippen molar-refractivity contribution in [2.24, 2.45) is 5.92 Å². The van der Waals surface area contributed by atoms with Gasteiger partial charge in [-0.1, -0.05) is 36.4 Å². The second-order valence-corrected chi connectivity index (χ2v) is 8.25. The fourth-order valence-electron chi connectivity index (χ4n) is 4.17. The molecule has 2 aromatic carbocycles. The van der Waals surface area contributed by atoms with E-state index < -0.39 is 5.97 Å². The monoisotopic (exact) mass is 414 g/mol. The van der Waals surface area contributed by atoms with E-state index in [2.05, 4.69) is 41.1 Å². The largest absolute Gasteiger partial charge is 0.481 e. The van der Waals surface area contributed by atoms with Crippen molar-refractivity contribution >= 4 is 17.4 Å². The molecule has 1 fully saturated rings. The number of pyridine rings is 1. The van der Waals surface area contributed by atoms with Crippen molar-refractivity contribution in [2.75, 3.05) is 18.0 Å². The normalized spacial score (nSPS) is 14.7. The Morgan fingerprint density at radius 1 is 1.06 bits per heavy atom. The molecule has 1 atom stereocenters. The summed E-state index contributed by atoms with van der Waals surface area (Å²) < 4.78 is 0. The number of hydrogen-bond donors (Lipinski definition) is 1. The summed E-state index contributed by atoms with van der Waals surface area (Å²) in [6, 6.07) is 20.0. The first kappa shape index (κ1) is 20.8. The van der Waals surface area contributed by atoms with Crippen LogP contribution in [-0.4, -0.2) is 34.9 Å². The van der Waals surface area contributed by atoms with Crippen molar-refractivity contribution in [3.05, 3.63) is 94.8 Å². The zero-order valence-electron chi connectivity index (χ0n) is 17.8. The summed E-state index contributed by atoms with van der Waals surface area (Å²) in [5, 5.41) is 9.10. The Morgan fingerprint density at radius 3 is 2.42 bits per heavy atom. The molecule has 5 heteroatoms. The van der Waals surface area contributed by atoms with Crippen molar-refractivity contribution in [2.45, 2.75) is 26.2 Å². The maximum atomic E-state index is 13.1. The number of aliphatic carboxylic acids is 1. The highest BCUT2D eigenvalue weighted by Crippen LogP contribution is 2.34. The number of benzene rings is 2. The first-order valence-corrected chi connectivity index (χ1v) is 10.5. The van der Waals surface area contributed by atoms with Crippen LogP contribution in [0.4, 0.5) is 5.69 Å². The van der Waals surface area contributed by atoms with Gasteiger partial charge in [0.2, 0.25) is 0 Å². The smallest absolute Gasteiger partial charge is 0.310 e. The molecule has 4 rings (SSSR count). The van der Waals surface area contributed by atoms with Crippen LogP contribution in [0.15, 0.2) is 66.9 Å². The first-order valence-electron chi connectivity index (χ1n) is 10.5. The van der Waals surface area contributed by atoms with Crippen LogP contribution in [-0.2, 0) is 4.79 Å². The number of nitrogens with zero attached hydrogens (tertiary/aromatic N) is 2. The van der Waals surface area contributed by atoms with Crippen molar-refractivity contribution in [3.8, 4) is 0 Å². The van der Waals surface area contributed by atoms with Gasteiger partial charge in [0.15, 0.2) is 5.78 Å². The molecule has 31 heavy (non-hydrogen) atoms. The molecule has 1 aromatic heterocycles. The number of ketones is 1. The molecule has 0 aliphatic carbocycles. The van der Waals surface area contributed by atoms with E-state index in [-0.39, 0.29) is 17.6 Å². The molecular weight excluding hydrogens is 388 g/mol. The second-order valence-electron chi connectivity index (χ2n) is 8.25. The number of Topliss-reactive ketones (excluding diaryl/α,β-unsaturated/α-hetero) is 1. The van der Waals surface area contributed by atoms with Gasteiger partial charge in [0, 0.05) is 48.6 Å². The Bertz CT molecular complexity index is 1100. The Balaban J connectivity index is 1.60. The van der Waals surface area contributed by atoms with Crippen molar-refractivity contribution in [1.29, 1.82) is 0 Å². The number of hydrogen-bond acceptors (Lipinski definition) is 4. The van der Waals surface area contributed by atoms with Gasteiger partial charge in [0.1, 0.15) is 0 Å². The minimum absolute atomic E-state index is 0.0561. The summed E-state index contributed by atoms with van der Waals surface area (Å²) in [7, 11) is 0. The highest BCUT2D eigenvalue weighted by molar-refractivity contribution is 5.96. The quantitative estimate of drug-likeness (QED) is 0.571. The summed E-state index contributed by atoms with van der Waals surface area (Å²) in [5.41, 5.74) is 5.90. The number of carboxylic acid groups (broad SMARTS) is 1. The number of aryl methyl sites for hydroxylation is 2. The maximum Gasteiger partial charge on any atom is 0.310 e. The molecule has 0 amide bonds. The van der Waals surface area contributed by atoms with Gasteiger partial charge >= 0.3 is 5.97 Å². The second kappa shape index (κ2) is 8.72. The third-order valence-corrected chi connectivity index (χ3v) is 6.06. The predicted molar refractivity (Wildman–Crippen MR) is 121 cm³/mol. The Hall–Kier alpha value is -3.47. The maximum absolute atomic E-state index is 13.1. The molecule has 0 saturated carbocycles. The Labute approximate surface area is 182 Å². The van der Waals surface area contributed by atoms with Crippen LogP contribution in [0.3, 0.4) is 0 Å². The molecule has 2 heterocycles. The SMILES string of the molecule is Cc1cc(C(=O)C[C@H](c2ccc(N3CC(C(=O)O)C3)cc2)c2ccccc2C)ccn1. The van der Waals surface area contributed by atoms with E-state index in [1.165, 1.54) is 0 Å². The lowest BCUT2D eigenvalue weighted by atomic mass is 9.83. The summed E-state index contributed by atoms with van der Waals surface area (Å²) >= 11 is 0. The van der Waals surface area contributed by atoms with Crippen LogP contribution in [0.1, 0.15) is 45.1 Å². The van der Waals surface area contributed by atoms with Gasteiger partial charge in [-0.15, -0.1) is 0 Å². The first-order chi connectivity index (χ1) is 14.9. The molecule has 1 saturated heterocycles. The van der Waals surface area contributed by atoms with Gasteiger partial charge in [0.05, 0.1) is 5.92 Å². The molecule has 1 aliphatic rings. The molecule has 1 N–H and O–H groups in total. The van der Waals surface area contributed by atoms with Gasteiger partial charge in [-0.2, -0.15) is 0 Å². The van der Waals surface area contributed by atoms with E-state index in [0.717, 1.165) is 28.1 Å². The molecule has 0 spiro atoms. The van der Waals surface area contributed by atoms with Crippen LogP contribution in [0.25, 0.3) is 0 Å². The Kier molecular flexibility index (Phi) is 5.85. The lowest BCUT2D eigenvalue weighted by Crippen LogP contribution is -2.50. The average molecular weight is 415 g/mol. The van der Waals surface area contributed by atoms with Gasteiger partial charge in [-0.25, -0.2) is 0 Å². The number of carbonyl (C=O) groups is 2. The number of carbonyl (C=O) groups excluding carboxylic acids is 1. The fourth-order valence-corrected chi connectivity index (χ4v) is 4.17. The predicted octanol–water partition coefficient (Wildman–Crippen LogP) is 4.62. The van der Waals surface area contributed by atoms with Crippen LogP contribution in [0.5, 0.6) is 0 Å². The van der Waals surface area contributed by atoms with Gasteiger partial charge < -0.3 is 10.0 Å². The van der Waals surface area contributed by atoms with Crippen molar-refractivity contribution < 1.29 is 14.7 Å². The zero-order valence-corrected chi connectivity index (χ0v) is 17.8. The van der Waals surface area contributed by atoms with E-state index >= 15 is 0 Å². The highest BCUT2D eigenvalue weighted by Gasteiger charge is 2.32. The van der Waals surface area contributed by atoms with E-state index in [0.29, 0.717) is 25.1 Å². The van der Waals surface area contributed by atoms with Crippen molar-refractivity contribution in [1.82, 2.24) is 4.98 Å². The highest BCUT2D eigenvalue weighted by atomic mass is 16.4. The molecule has 3 aromatic rings.